The predicted octanol–water partition coefficient (Wildman–Crippen LogP) is 5.84. The van der Waals surface area contributed by atoms with Gasteiger partial charge in [0, 0.05) is 11.2 Å². The van der Waals surface area contributed by atoms with Gasteiger partial charge in [0.2, 0.25) is 5.96 Å². The number of nitrogens with zero attached hydrogens (tertiary/aromatic N) is 2. The first-order valence-electron chi connectivity index (χ1n) is 9.80. The second-order valence-electron chi connectivity index (χ2n) is 8.18. The van der Waals surface area contributed by atoms with Crippen LogP contribution in [-0.4, -0.2) is 21.4 Å². The summed E-state index contributed by atoms with van der Waals surface area (Å²) >= 11 is 6.15. The molecule has 0 spiro atoms. The summed E-state index contributed by atoms with van der Waals surface area (Å²) in [6.45, 7) is 6.48. The van der Waals surface area contributed by atoms with Gasteiger partial charge in [-0.2, -0.15) is 0 Å². The summed E-state index contributed by atoms with van der Waals surface area (Å²) in [4.78, 5) is 8.20. The number of thiocarbonyl (C=S) groups is 1. The molecule has 0 atom stereocenters. The third-order valence-corrected chi connectivity index (χ3v) is 5.56. The molecule has 1 N–H and O–H groups in total. The van der Waals surface area contributed by atoms with Gasteiger partial charge in [-0.1, -0.05) is 91.1 Å². The van der Waals surface area contributed by atoms with Crippen LogP contribution in [0.15, 0.2) is 96.0 Å². The smallest absolute Gasteiger partial charge is 0.205 e. The van der Waals surface area contributed by atoms with Crippen molar-refractivity contribution in [2.45, 2.75) is 31.8 Å². The fourth-order valence-electron chi connectivity index (χ4n) is 3.77. The molecular formula is C25H25N3S. The van der Waals surface area contributed by atoms with Crippen molar-refractivity contribution in [3.8, 4) is 0 Å². The molecule has 0 saturated heterocycles. The Hall–Kier alpha value is -2.98. The van der Waals surface area contributed by atoms with Crippen LogP contribution in [0.4, 0.5) is 5.69 Å². The van der Waals surface area contributed by atoms with E-state index in [9.17, 15) is 0 Å². The van der Waals surface area contributed by atoms with E-state index in [1.54, 1.807) is 0 Å². The summed E-state index contributed by atoms with van der Waals surface area (Å²) in [5.74, 6) is 0.765. The van der Waals surface area contributed by atoms with E-state index in [2.05, 4.69) is 55.3 Å². The average molecular weight is 400 g/mol. The van der Waals surface area contributed by atoms with Gasteiger partial charge in [-0.25, -0.2) is 4.99 Å². The SMILES string of the molecule is CC(C)(C)N1C(=S)C(c2ccccc2)(c2ccccc2)N=C1Nc1ccccc1. The largest absolute Gasteiger partial charge is 0.326 e. The van der Waals surface area contributed by atoms with Gasteiger partial charge < -0.3 is 5.32 Å². The van der Waals surface area contributed by atoms with Crippen molar-refractivity contribution in [3.05, 3.63) is 102 Å². The van der Waals surface area contributed by atoms with Gasteiger partial charge >= 0.3 is 0 Å². The van der Waals surface area contributed by atoms with Gasteiger partial charge in [0.05, 0.1) is 0 Å². The minimum atomic E-state index is -0.748. The molecule has 3 aromatic carbocycles. The summed E-state index contributed by atoms with van der Waals surface area (Å²) < 4.78 is 0. The van der Waals surface area contributed by atoms with Crippen molar-refractivity contribution in [1.29, 1.82) is 0 Å². The molecule has 0 unspecified atom stereocenters. The lowest BCUT2D eigenvalue weighted by molar-refractivity contribution is 0.346. The number of para-hydroxylation sites is 1. The lowest BCUT2D eigenvalue weighted by atomic mass is 9.83. The Morgan fingerprint density at radius 2 is 1.21 bits per heavy atom. The van der Waals surface area contributed by atoms with Crippen LogP contribution in [0.5, 0.6) is 0 Å². The van der Waals surface area contributed by atoms with Crippen molar-refractivity contribution in [2.75, 3.05) is 5.32 Å². The molecule has 0 aromatic heterocycles. The van der Waals surface area contributed by atoms with E-state index >= 15 is 0 Å². The average Bonchev–Trinajstić information content (AvgIpc) is 3.03. The Labute approximate surface area is 178 Å². The van der Waals surface area contributed by atoms with Crippen LogP contribution >= 0.6 is 12.2 Å². The molecule has 0 radical (unpaired) electrons. The molecule has 0 fully saturated rings. The minimum absolute atomic E-state index is 0.233. The summed E-state index contributed by atoms with van der Waals surface area (Å²) in [7, 11) is 0. The number of guanidine groups is 1. The van der Waals surface area contributed by atoms with Crippen LogP contribution in [0.1, 0.15) is 31.9 Å². The summed E-state index contributed by atoms with van der Waals surface area (Å²) in [5, 5.41) is 3.51. The number of anilines is 1. The maximum absolute atomic E-state index is 6.15. The summed E-state index contributed by atoms with van der Waals surface area (Å²) in [6, 6.07) is 30.8. The maximum Gasteiger partial charge on any atom is 0.205 e. The highest BCUT2D eigenvalue weighted by molar-refractivity contribution is 7.80. The molecular weight excluding hydrogens is 374 g/mol. The lowest BCUT2D eigenvalue weighted by Gasteiger charge is -2.37. The fraction of sp³-hybridized carbons (Fsp3) is 0.200. The third kappa shape index (κ3) is 3.45. The quantitative estimate of drug-likeness (QED) is 0.561. The van der Waals surface area contributed by atoms with Gasteiger partial charge in [-0.3, -0.25) is 4.90 Å². The first kappa shape index (κ1) is 19.3. The van der Waals surface area contributed by atoms with E-state index in [1.807, 2.05) is 66.7 Å². The Bertz CT molecular complexity index is 982. The third-order valence-electron chi connectivity index (χ3n) is 5.08. The molecule has 3 aromatic rings. The molecule has 0 bridgehead atoms. The van der Waals surface area contributed by atoms with E-state index in [4.69, 9.17) is 17.2 Å². The highest BCUT2D eigenvalue weighted by atomic mass is 32.1. The molecule has 0 aliphatic carbocycles. The van der Waals surface area contributed by atoms with Crippen LogP contribution in [0.3, 0.4) is 0 Å². The Kier molecular flexibility index (Phi) is 4.97. The van der Waals surface area contributed by atoms with Crippen LogP contribution in [0, 0.1) is 0 Å². The molecule has 1 aliphatic heterocycles. The highest BCUT2D eigenvalue weighted by Crippen LogP contribution is 2.43. The van der Waals surface area contributed by atoms with Crippen molar-refractivity contribution in [3.63, 3.8) is 0 Å². The van der Waals surface area contributed by atoms with Crippen molar-refractivity contribution >= 4 is 28.9 Å². The van der Waals surface area contributed by atoms with Gasteiger partial charge in [0.15, 0.2) is 5.54 Å². The number of hydrogen-bond donors (Lipinski definition) is 1. The topological polar surface area (TPSA) is 27.6 Å². The Morgan fingerprint density at radius 1 is 0.759 bits per heavy atom. The zero-order chi connectivity index (χ0) is 20.5. The molecule has 4 rings (SSSR count). The zero-order valence-corrected chi connectivity index (χ0v) is 17.8. The second-order valence-corrected chi connectivity index (χ2v) is 8.57. The monoisotopic (exact) mass is 399 g/mol. The molecule has 0 saturated carbocycles. The molecule has 146 valence electrons. The number of benzene rings is 3. The fourth-order valence-corrected chi connectivity index (χ4v) is 4.41. The Morgan fingerprint density at radius 3 is 1.66 bits per heavy atom. The van der Waals surface area contributed by atoms with E-state index in [0.717, 1.165) is 27.8 Å². The van der Waals surface area contributed by atoms with E-state index in [1.165, 1.54) is 0 Å². The zero-order valence-electron chi connectivity index (χ0n) is 17.0. The van der Waals surface area contributed by atoms with Crippen LogP contribution in [-0.2, 0) is 5.54 Å². The molecule has 29 heavy (non-hydrogen) atoms. The summed E-state index contributed by atoms with van der Waals surface area (Å²) in [6.07, 6.45) is 0. The second kappa shape index (κ2) is 7.45. The molecule has 4 heteroatoms. The standard InChI is InChI=1S/C25H25N3S/c1-24(2,3)28-22(29)25(19-13-7-4-8-14-19,20-15-9-5-10-16-20)27-23(28)26-21-17-11-6-12-18-21/h4-18H,1-3H3,(H,26,27). The van der Waals surface area contributed by atoms with E-state index < -0.39 is 5.54 Å². The molecule has 0 amide bonds. The van der Waals surface area contributed by atoms with Crippen molar-refractivity contribution < 1.29 is 0 Å². The van der Waals surface area contributed by atoms with Gasteiger partial charge in [-0.15, -0.1) is 0 Å². The lowest BCUT2D eigenvalue weighted by Crippen LogP contribution is -2.51. The van der Waals surface area contributed by atoms with E-state index in [-0.39, 0.29) is 5.54 Å². The van der Waals surface area contributed by atoms with E-state index in [0.29, 0.717) is 0 Å². The number of aliphatic imine (C=N–C) groups is 1. The first-order chi connectivity index (χ1) is 13.9. The summed E-state index contributed by atoms with van der Waals surface area (Å²) in [5.41, 5.74) is 2.14. The van der Waals surface area contributed by atoms with Gasteiger partial charge in [0.1, 0.15) is 4.99 Å². The highest BCUT2D eigenvalue weighted by Gasteiger charge is 2.50. The number of hydrogen-bond acceptors (Lipinski definition) is 3. The van der Waals surface area contributed by atoms with Crippen LogP contribution in [0.2, 0.25) is 0 Å². The molecule has 1 heterocycles. The minimum Gasteiger partial charge on any atom is -0.326 e. The number of rotatable bonds is 3. The van der Waals surface area contributed by atoms with Gasteiger partial charge in [0.25, 0.3) is 0 Å². The Balaban J connectivity index is 1.94. The molecule has 1 aliphatic rings. The molecule has 3 nitrogen and oxygen atoms in total. The van der Waals surface area contributed by atoms with Crippen molar-refractivity contribution in [2.24, 2.45) is 4.99 Å². The van der Waals surface area contributed by atoms with Gasteiger partial charge in [-0.05, 0) is 44.0 Å². The van der Waals surface area contributed by atoms with Crippen LogP contribution in [0.25, 0.3) is 0 Å². The van der Waals surface area contributed by atoms with Crippen molar-refractivity contribution in [1.82, 2.24) is 4.90 Å². The normalized spacial score (nSPS) is 15.9. The first-order valence-corrected chi connectivity index (χ1v) is 10.2. The maximum atomic E-state index is 6.15. The number of nitrogens with one attached hydrogen (secondary N) is 1. The van der Waals surface area contributed by atoms with Crippen LogP contribution < -0.4 is 5.32 Å². The predicted molar refractivity (Wildman–Crippen MR) is 125 cm³/mol.